The zero-order valence-electron chi connectivity index (χ0n) is 10.5. The van der Waals surface area contributed by atoms with E-state index >= 15 is 0 Å². The number of carbonyl (C=O) groups excluding carboxylic acids is 1. The van der Waals surface area contributed by atoms with Crippen molar-refractivity contribution < 1.29 is 9.53 Å². The molecule has 0 fully saturated rings. The van der Waals surface area contributed by atoms with Crippen LogP contribution in [0.25, 0.3) is 10.9 Å². The standard InChI is InChI=1S/C16H11NO2S/c18-16(20)12-7-1-2-8-13(12)19-14-9-3-5-11-6-4-10-17-15(11)14/h1-10H,(H,18,20). The van der Waals surface area contributed by atoms with Crippen LogP contribution in [0.5, 0.6) is 11.5 Å². The van der Waals surface area contributed by atoms with Gasteiger partial charge in [-0.15, -0.1) is 12.6 Å². The molecule has 2 aromatic carbocycles. The molecule has 1 aromatic heterocycles. The molecule has 3 rings (SSSR count). The molecule has 0 aliphatic carbocycles. The fraction of sp³-hybridized carbons (Fsp3) is 0. The summed E-state index contributed by atoms with van der Waals surface area (Å²) in [6.45, 7) is 0. The molecule has 20 heavy (non-hydrogen) atoms. The Kier molecular flexibility index (Phi) is 3.39. The minimum Gasteiger partial charge on any atom is -0.454 e. The van der Waals surface area contributed by atoms with Crippen molar-refractivity contribution in [3.05, 3.63) is 66.4 Å². The molecule has 0 N–H and O–H groups in total. The number of para-hydroxylation sites is 2. The first kappa shape index (κ1) is 12.7. The van der Waals surface area contributed by atoms with Crippen molar-refractivity contribution in [3.63, 3.8) is 0 Å². The molecule has 0 amide bonds. The van der Waals surface area contributed by atoms with Gasteiger partial charge >= 0.3 is 0 Å². The number of fused-ring (bicyclic) bond motifs is 1. The number of nitrogens with zero attached hydrogens (tertiary/aromatic N) is 1. The Morgan fingerprint density at radius 2 is 1.70 bits per heavy atom. The molecule has 0 saturated carbocycles. The van der Waals surface area contributed by atoms with Gasteiger partial charge in [0.05, 0.1) is 5.56 Å². The average molecular weight is 281 g/mol. The fourth-order valence-electron chi connectivity index (χ4n) is 2.01. The first-order chi connectivity index (χ1) is 9.75. The Labute approximate surface area is 121 Å². The summed E-state index contributed by atoms with van der Waals surface area (Å²) in [5.74, 6) is 1.09. The smallest absolute Gasteiger partial charge is 0.220 e. The van der Waals surface area contributed by atoms with Crippen molar-refractivity contribution in [2.24, 2.45) is 0 Å². The van der Waals surface area contributed by atoms with Crippen LogP contribution in [-0.4, -0.2) is 10.1 Å². The lowest BCUT2D eigenvalue weighted by atomic mass is 10.2. The Bertz CT molecular complexity index is 781. The van der Waals surface area contributed by atoms with E-state index in [4.69, 9.17) is 4.74 Å². The van der Waals surface area contributed by atoms with Crippen LogP contribution in [0, 0.1) is 0 Å². The molecular weight excluding hydrogens is 270 g/mol. The molecule has 0 saturated heterocycles. The van der Waals surface area contributed by atoms with Crippen molar-refractivity contribution in [1.29, 1.82) is 0 Å². The summed E-state index contributed by atoms with van der Waals surface area (Å²) < 4.78 is 5.85. The second-order valence-electron chi connectivity index (χ2n) is 4.23. The number of benzene rings is 2. The highest BCUT2D eigenvalue weighted by Gasteiger charge is 2.11. The minimum absolute atomic E-state index is 0.325. The Morgan fingerprint density at radius 1 is 0.950 bits per heavy atom. The highest BCUT2D eigenvalue weighted by Crippen LogP contribution is 2.30. The highest BCUT2D eigenvalue weighted by atomic mass is 32.1. The largest absolute Gasteiger partial charge is 0.454 e. The first-order valence-electron chi connectivity index (χ1n) is 6.09. The van der Waals surface area contributed by atoms with Crippen LogP contribution in [-0.2, 0) is 0 Å². The summed E-state index contributed by atoms with van der Waals surface area (Å²) in [5.41, 5.74) is 1.19. The Balaban J connectivity index is 2.08. The van der Waals surface area contributed by atoms with Gasteiger partial charge in [0.25, 0.3) is 0 Å². The van der Waals surface area contributed by atoms with Crippen LogP contribution < -0.4 is 4.74 Å². The van der Waals surface area contributed by atoms with E-state index in [9.17, 15) is 4.79 Å². The summed E-state index contributed by atoms with van der Waals surface area (Å²) in [7, 11) is 0. The van der Waals surface area contributed by atoms with Crippen LogP contribution in [0.4, 0.5) is 0 Å². The number of rotatable bonds is 3. The van der Waals surface area contributed by atoms with Crippen molar-refractivity contribution in [2.45, 2.75) is 0 Å². The maximum Gasteiger partial charge on any atom is 0.220 e. The van der Waals surface area contributed by atoms with Crippen molar-refractivity contribution in [1.82, 2.24) is 4.98 Å². The molecule has 3 aromatic rings. The number of thiol groups is 1. The van der Waals surface area contributed by atoms with Gasteiger partial charge in [0, 0.05) is 11.6 Å². The SMILES string of the molecule is O=C(S)c1ccccc1Oc1cccc2cccnc12. The van der Waals surface area contributed by atoms with E-state index in [1.54, 1.807) is 24.4 Å². The topological polar surface area (TPSA) is 39.2 Å². The van der Waals surface area contributed by atoms with Gasteiger partial charge in [0.15, 0.2) is 5.75 Å². The second-order valence-corrected chi connectivity index (χ2v) is 4.64. The van der Waals surface area contributed by atoms with Gasteiger partial charge in [0.1, 0.15) is 11.3 Å². The van der Waals surface area contributed by atoms with Crippen molar-refractivity contribution in [3.8, 4) is 11.5 Å². The summed E-state index contributed by atoms with van der Waals surface area (Å²) in [4.78, 5) is 15.8. The van der Waals surface area contributed by atoms with Crippen molar-refractivity contribution >= 4 is 28.6 Å². The number of carbonyl (C=O) groups is 1. The number of aromatic nitrogens is 1. The molecule has 3 nitrogen and oxygen atoms in total. The van der Waals surface area contributed by atoms with E-state index in [1.807, 2.05) is 36.4 Å². The lowest BCUT2D eigenvalue weighted by molar-refractivity contribution is 0.108. The summed E-state index contributed by atoms with van der Waals surface area (Å²) in [6, 6.07) is 16.5. The van der Waals surface area contributed by atoms with E-state index in [0.29, 0.717) is 17.1 Å². The first-order valence-corrected chi connectivity index (χ1v) is 6.54. The molecule has 0 radical (unpaired) electrons. The number of pyridine rings is 1. The van der Waals surface area contributed by atoms with Gasteiger partial charge < -0.3 is 4.74 Å². The maximum atomic E-state index is 11.5. The van der Waals surface area contributed by atoms with Gasteiger partial charge in [-0.3, -0.25) is 9.78 Å². The van der Waals surface area contributed by atoms with E-state index < -0.39 is 0 Å². The quantitative estimate of drug-likeness (QED) is 0.735. The predicted molar refractivity (Wildman–Crippen MR) is 81.6 cm³/mol. The van der Waals surface area contributed by atoms with Crippen LogP contribution in [0.15, 0.2) is 60.8 Å². The third kappa shape index (κ3) is 2.38. The Hall–Kier alpha value is -2.33. The lowest BCUT2D eigenvalue weighted by Gasteiger charge is -2.10. The predicted octanol–water partition coefficient (Wildman–Crippen LogP) is 4.10. The van der Waals surface area contributed by atoms with E-state index in [0.717, 1.165) is 10.9 Å². The summed E-state index contributed by atoms with van der Waals surface area (Å²) in [5, 5.41) is 0.661. The third-order valence-corrected chi connectivity index (χ3v) is 3.17. The summed E-state index contributed by atoms with van der Waals surface area (Å²) in [6.07, 6.45) is 1.71. The van der Waals surface area contributed by atoms with Gasteiger partial charge in [-0.05, 0) is 24.3 Å². The van der Waals surface area contributed by atoms with Crippen molar-refractivity contribution in [2.75, 3.05) is 0 Å². The lowest BCUT2D eigenvalue weighted by Crippen LogP contribution is -1.95. The van der Waals surface area contributed by atoms with Gasteiger partial charge in [-0.1, -0.05) is 30.3 Å². The highest BCUT2D eigenvalue weighted by molar-refractivity contribution is 7.97. The van der Waals surface area contributed by atoms with Crippen LogP contribution >= 0.6 is 12.6 Å². The van der Waals surface area contributed by atoms with Gasteiger partial charge in [-0.2, -0.15) is 0 Å². The molecule has 0 aliphatic rings. The average Bonchev–Trinajstić information content (AvgIpc) is 2.48. The summed E-state index contributed by atoms with van der Waals surface area (Å²) >= 11 is 3.86. The third-order valence-electron chi connectivity index (χ3n) is 2.93. The monoisotopic (exact) mass is 281 g/mol. The second kappa shape index (κ2) is 5.35. The molecule has 98 valence electrons. The zero-order chi connectivity index (χ0) is 13.9. The van der Waals surface area contributed by atoms with Crippen LogP contribution in [0.2, 0.25) is 0 Å². The van der Waals surface area contributed by atoms with Crippen LogP contribution in [0.1, 0.15) is 10.4 Å². The number of ether oxygens (including phenoxy) is 1. The van der Waals surface area contributed by atoms with E-state index in [1.165, 1.54) is 0 Å². The molecular formula is C16H11NO2S. The Morgan fingerprint density at radius 3 is 2.55 bits per heavy atom. The van der Waals surface area contributed by atoms with E-state index in [-0.39, 0.29) is 5.12 Å². The van der Waals surface area contributed by atoms with Crippen LogP contribution in [0.3, 0.4) is 0 Å². The maximum absolute atomic E-state index is 11.5. The van der Waals surface area contributed by atoms with Gasteiger partial charge in [-0.25, -0.2) is 0 Å². The molecule has 0 bridgehead atoms. The molecule has 0 atom stereocenters. The molecule has 0 spiro atoms. The molecule has 1 heterocycles. The minimum atomic E-state index is -0.325. The van der Waals surface area contributed by atoms with Gasteiger partial charge in [0.2, 0.25) is 5.12 Å². The fourth-order valence-corrected chi connectivity index (χ4v) is 2.19. The molecule has 4 heteroatoms. The number of hydrogen-bond acceptors (Lipinski definition) is 3. The molecule has 0 unspecified atom stereocenters. The number of hydrogen-bond donors (Lipinski definition) is 1. The normalized spacial score (nSPS) is 10.4. The molecule has 0 aliphatic heterocycles. The zero-order valence-corrected chi connectivity index (χ0v) is 11.4. The van der Waals surface area contributed by atoms with E-state index in [2.05, 4.69) is 17.6 Å².